The molecule has 1 aliphatic heterocycles. The maximum absolute atomic E-state index is 12.6. The summed E-state index contributed by atoms with van der Waals surface area (Å²) < 4.78 is 9.80. The first-order valence-electron chi connectivity index (χ1n) is 9.62. The molecular formula is C19H24N6O2S. The van der Waals surface area contributed by atoms with E-state index in [9.17, 15) is 10.1 Å². The van der Waals surface area contributed by atoms with Gasteiger partial charge in [-0.3, -0.25) is 4.79 Å². The number of hydrogen-bond acceptors (Lipinski definition) is 6. The van der Waals surface area contributed by atoms with Crippen LogP contribution in [0.1, 0.15) is 48.5 Å². The van der Waals surface area contributed by atoms with E-state index in [0.717, 1.165) is 48.7 Å². The van der Waals surface area contributed by atoms with Gasteiger partial charge in [-0.05, 0) is 45.1 Å². The van der Waals surface area contributed by atoms with Gasteiger partial charge in [-0.1, -0.05) is 11.8 Å². The van der Waals surface area contributed by atoms with Crippen LogP contribution in [0.4, 0.5) is 5.82 Å². The van der Waals surface area contributed by atoms with E-state index in [1.165, 1.54) is 11.8 Å². The van der Waals surface area contributed by atoms with E-state index in [2.05, 4.69) is 21.6 Å². The predicted molar refractivity (Wildman–Crippen MR) is 105 cm³/mol. The summed E-state index contributed by atoms with van der Waals surface area (Å²) in [6.07, 6.45) is 6.18. The van der Waals surface area contributed by atoms with Crippen molar-refractivity contribution in [2.75, 3.05) is 17.7 Å². The molecule has 2 aromatic rings. The zero-order chi connectivity index (χ0) is 19.7. The quantitative estimate of drug-likeness (QED) is 0.718. The van der Waals surface area contributed by atoms with Crippen LogP contribution >= 0.6 is 11.8 Å². The first-order valence-corrected chi connectivity index (χ1v) is 10.6. The third kappa shape index (κ3) is 3.80. The zero-order valence-corrected chi connectivity index (χ0v) is 17.0. The van der Waals surface area contributed by atoms with Crippen LogP contribution in [-0.2, 0) is 16.1 Å². The van der Waals surface area contributed by atoms with Gasteiger partial charge in [-0.15, -0.1) is 10.2 Å². The molecule has 0 radical (unpaired) electrons. The number of carbonyl (C=O) groups is 1. The number of nitrogens with zero attached hydrogens (tertiary/aromatic N) is 5. The number of nitrogens with one attached hydrogen (secondary N) is 1. The monoisotopic (exact) mass is 400 g/mol. The number of amides is 1. The first kappa shape index (κ1) is 19.0. The van der Waals surface area contributed by atoms with Crippen molar-refractivity contribution in [2.24, 2.45) is 0 Å². The van der Waals surface area contributed by atoms with Gasteiger partial charge in [0.15, 0.2) is 5.16 Å². The molecule has 1 atom stereocenters. The number of thioether (sulfide) groups is 1. The number of rotatable bonds is 7. The Morgan fingerprint density at radius 1 is 1.43 bits per heavy atom. The van der Waals surface area contributed by atoms with Crippen molar-refractivity contribution in [3.8, 4) is 6.07 Å². The highest BCUT2D eigenvalue weighted by Crippen LogP contribution is 2.37. The van der Waals surface area contributed by atoms with E-state index in [0.29, 0.717) is 24.0 Å². The van der Waals surface area contributed by atoms with Crippen LogP contribution in [0.15, 0.2) is 11.5 Å². The van der Waals surface area contributed by atoms with Crippen LogP contribution in [-0.4, -0.2) is 43.7 Å². The summed E-state index contributed by atoms with van der Waals surface area (Å²) in [4.78, 5) is 12.6. The number of ether oxygens (including phenoxy) is 1. The third-order valence-electron chi connectivity index (χ3n) is 5.42. The lowest BCUT2D eigenvalue weighted by molar-refractivity contribution is -0.113. The first-order chi connectivity index (χ1) is 13.6. The molecule has 1 aliphatic carbocycles. The van der Waals surface area contributed by atoms with Crippen LogP contribution < -0.4 is 5.32 Å². The predicted octanol–water partition coefficient (Wildman–Crippen LogP) is 2.81. The minimum absolute atomic E-state index is 0.124. The van der Waals surface area contributed by atoms with Gasteiger partial charge >= 0.3 is 0 Å². The smallest absolute Gasteiger partial charge is 0.235 e. The summed E-state index contributed by atoms with van der Waals surface area (Å²) in [6.45, 7) is 5.32. The van der Waals surface area contributed by atoms with Gasteiger partial charge in [-0.25, -0.2) is 0 Å². The SMILES string of the molecule is Cc1c(C#N)c(NC(=O)CSc2nncn2C2CC2)n(CC2CCCO2)c1C. The average molecular weight is 401 g/mol. The van der Waals surface area contributed by atoms with E-state index >= 15 is 0 Å². The minimum atomic E-state index is -0.155. The van der Waals surface area contributed by atoms with E-state index in [1.54, 1.807) is 6.33 Å². The Kier molecular flexibility index (Phi) is 5.42. The van der Waals surface area contributed by atoms with Gasteiger partial charge < -0.3 is 19.2 Å². The van der Waals surface area contributed by atoms with Crippen LogP contribution in [0.5, 0.6) is 0 Å². The fraction of sp³-hybridized carbons (Fsp3) is 0.579. The summed E-state index contributed by atoms with van der Waals surface area (Å²) in [5.74, 6) is 0.639. The van der Waals surface area contributed by atoms with Crippen LogP contribution in [0.25, 0.3) is 0 Å². The second kappa shape index (κ2) is 7.97. The summed E-state index contributed by atoms with van der Waals surface area (Å²) in [7, 11) is 0. The number of aromatic nitrogens is 4. The lowest BCUT2D eigenvalue weighted by Crippen LogP contribution is -2.22. The largest absolute Gasteiger partial charge is 0.376 e. The van der Waals surface area contributed by atoms with Gasteiger partial charge in [0.25, 0.3) is 0 Å². The molecule has 2 fully saturated rings. The van der Waals surface area contributed by atoms with Crippen LogP contribution in [0, 0.1) is 25.2 Å². The normalized spacial score (nSPS) is 19.0. The van der Waals surface area contributed by atoms with Crippen molar-refractivity contribution >= 4 is 23.5 Å². The molecule has 3 heterocycles. The lowest BCUT2D eigenvalue weighted by atomic mass is 10.2. The molecule has 0 aromatic carbocycles. The van der Waals surface area contributed by atoms with Crippen molar-refractivity contribution in [1.29, 1.82) is 5.26 Å². The molecule has 1 saturated heterocycles. The molecule has 0 spiro atoms. The molecule has 2 aliphatic rings. The average Bonchev–Trinajstić information content (AvgIpc) is 3.12. The van der Waals surface area contributed by atoms with E-state index in [1.807, 2.05) is 23.0 Å². The second-order valence-electron chi connectivity index (χ2n) is 7.38. The molecule has 1 N–H and O–H groups in total. The Morgan fingerprint density at radius 2 is 2.25 bits per heavy atom. The highest BCUT2D eigenvalue weighted by molar-refractivity contribution is 7.99. The van der Waals surface area contributed by atoms with Gasteiger partial charge in [-0.2, -0.15) is 5.26 Å². The molecule has 9 heteroatoms. The molecule has 4 rings (SSSR count). The number of hydrogen-bond donors (Lipinski definition) is 1. The van der Waals surface area contributed by atoms with E-state index < -0.39 is 0 Å². The Morgan fingerprint density at radius 3 is 2.93 bits per heavy atom. The molecular weight excluding hydrogens is 376 g/mol. The van der Waals surface area contributed by atoms with Crippen molar-refractivity contribution in [2.45, 2.75) is 63.4 Å². The highest BCUT2D eigenvalue weighted by atomic mass is 32.2. The lowest BCUT2D eigenvalue weighted by Gasteiger charge is -2.16. The fourth-order valence-corrected chi connectivity index (χ4v) is 4.37. The van der Waals surface area contributed by atoms with Gasteiger partial charge in [0.05, 0.1) is 24.0 Å². The number of carbonyl (C=O) groups excluding carboxylic acids is 1. The molecule has 28 heavy (non-hydrogen) atoms. The summed E-state index contributed by atoms with van der Waals surface area (Å²) >= 11 is 1.37. The van der Waals surface area contributed by atoms with Crippen molar-refractivity contribution in [1.82, 2.24) is 19.3 Å². The Labute approximate surface area is 168 Å². The summed E-state index contributed by atoms with van der Waals surface area (Å²) in [6, 6.07) is 2.72. The molecule has 2 aromatic heterocycles. The molecule has 148 valence electrons. The Hall–Kier alpha value is -2.31. The molecule has 0 bridgehead atoms. The number of nitriles is 1. The molecule has 8 nitrogen and oxygen atoms in total. The molecule has 1 saturated carbocycles. The number of anilines is 1. The zero-order valence-electron chi connectivity index (χ0n) is 16.1. The van der Waals surface area contributed by atoms with Crippen molar-refractivity contribution in [3.63, 3.8) is 0 Å². The minimum Gasteiger partial charge on any atom is -0.376 e. The van der Waals surface area contributed by atoms with E-state index in [-0.39, 0.29) is 17.8 Å². The topological polar surface area (TPSA) is 97.8 Å². The van der Waals surface area contributed by atoms with Gasteiger partial charge in [0, 0.05) is 18.3 Å². The Bertz CT molecular complexity index is 918. The highest BCUT2D eigenvalue weighted by Gasteiger charge is 2.27. The standard InChI is InChI=1S/C19H24N6O2S/c1-12-13(2)24(9-15-4-3-7-27-15)18(16(12)8-20)22-17(26)10-28-19-23-21-11-25(19)14-5-6-14/h11,14-15H,3-7,9-10H2,1-2H3,(H,22,26). The van der Waals surface area contributed by atoms with Crippen molar-refractivity contribution in [3.05, 3.63) is 23.1 Å². The van der Waals surface area contributed by atoms with Crippen LogP contribution in [0.2, 0.25) is 0 Å². The van der Waals surface area contributed by atoms with E-state index in [4.69, 9.17) is 4.74 Å². The van der Waals surface area contributed by atoms with Crippen molar-refractivity contribution < 1.29 is 9.53 Å². The fourth-order valence-electron chi connectivity index (χ4n) is 3.59. The maximum atomic E-state index is 12.6. The molecule has 1 amide bonds. The second-order valence-corrected chi connectivity index (χ2v) is 8.32. The molecule has 1 unspecified atom stereocenters. The van der Waals surface area contributed by atoms with Gasteiger partial charge in [0.2, 0.25) is 5.91 Å². The Balaban J connectivity index is 1.47. The maximum Gasteiger partial charge on any atom is 0.235 e. The van der Waals surface area contributed by atoms with Crippen LogP contribution in [0.3, 0.4) is 0 Å². The third-order valence-corrected chi connectivity index (χ3v) is 6.38. The summed E-state index contributed by atoms with van der Waals surface area (Å²) in [5.41, 5.74) is 2.41. The van der Waals surface area contributed by atoms with Gasteiger partial charge in [0.1, 0.15) is 18.2 Å². The summed E-state index contributed by atoms with van der Waals surface area (Å²) in [5, 5.41) is 21.4.